The number of thiazole rings is 1. The molecule has 1 amide bonds. The van der Waals surface area contributed by atoms with Gasteiger partial charge < -0.3 is 10.6 Å². The number of likely N-dealkylation sites (tertiary alicyclic amines) is 1. The summed E-state index contributed by atoms with van der Waals surface area (Å²) in [6, 6.07) is 0.315. The maximum atomic E-state index is 12.2. The Kier molecular flexibility index (Phi) is 4.35. The molecule has 100 valence electrons. The molecule has 4 nitrogen and oxygen atoms in total. The third kappa shape index (κ3) is 2.90. The molecule has 1 saturated heterocycles. The fourth-order valence-electron chi connectivity index (χ4n) is 2.51. The number of aromatic nitrogens is 1. The van der Waals surface area contributed by atoms with Crippen molar-refractivity contribution in [2.75, 3.05) is 13.1 Å². The summed E-state index contributed by atoms with van der Waals surface area (Å²) in [5.41, 5.74) is 6.59. The van der Waals surface area contributed by atoms with E-state index in [9.17, 15) is 4.79 Å². The number of nitrogens with two attached hydrogens (primary N) is 1. The van der Waals surface area contributed by atoms with Crippen molar-refractivity contribution in [3.8, 4) is 0 Å². The normalized spacial score (nSPS) is 23.6. The second-order valence-electron chi connectivity index (χ2n) is 5.00. The van der Waals surface area contributed by atoms with Crippen molar-refractivity contribution in [2.45, 2.75) is 39.2 Å². The van der Waals surface area contributed by atoms with Crippen LogP contribution in [-0.2, 0) is 17.6 Å². The Balaban J connectivity index is 1.95. The molecule has 2 unspecified atom stereocenters. The molecular formula is C13H21N3OS. The number of aryl methyl sites for hydroxylation is 1. The van der Waals surface area contributed by atoms with E-state index >= 15 is 0 Å². The lowest BCUT2D eigenvalue weighted by atomic mass is 10.1. The predicted molar refractivity (Wildman–Crippen MR) is 73.5 cm³/mol. The fraction of sp³-hybridized carbons (Fsp3) is 0.692. The van der Waals surface area contributed by atoms with Crippen LogP contribution in [0.15, 0.2) is 5.38 Å². The van der Waals surface area contributed by atoms with Gasteiger partial charge in [0.2, 0.25) is 5.91 Å². The van der Waals surface area contributed by atoms with E-state index in [1.54, 1.807) is 11.3 Å². The van der Waals surface area contributed by atoms with E-state index in [1.807, 2.05) is 10.3 Å². The quantitative estimate of drug-likeness (QED) is 0.898. The summed E-state index contributed by atoms with van der Waals surface area (Å²) in [5, 5.41) is 3.10. The molecule has 2 rings (SSSR count). The number of hydrogen-bond donors (Lipinski definition) is 1. The molecule has 0 spiro atoms. The molecule has 1 aliphatic heterocycles. The van der Waals surface area contributed by atoms with Crippen molar-refractivity contribution in [3.05, 3.63) is 16.1 Å². The van der Waals surface area contributed by atoms with Gasteiger partial charge in [0, 0.05) is 18.0 Å². The van der Waals surface area contributed by atoms with Crippen LogP contribution in [0.5, 0.6) is 0 Å². The van der Waals surface area contributed by atoms with Crippen molar-refractivity contribution in [1.29, 1.82) is 0 Å². The van der Waals surface area contributed by atoms with Gasteiger partial charge in [-0.05, 0) is 32.2 Å². The van der Waals surface area contributed by atoms with Crippen LogP contribution in [0.4, 0.5) is 0 Å². The smallest absolute Gasteiger partial charge is 0.228 e. The van der Waals surface area contributed by atoms with Gasteiger partial charge in [-0.2, -0.15) is 0 Å². The first-order valence-electron chi connectivity index (χ1n) is 6.56. The number of carbonyl (C=O) groups is 1. The van der Waals surface area contributed by atoms with Crippen molar-refractivity contribution in [3.63, 3.8) is 0 Å². The molecular weight excluding hydrogens is 246 g/mol. The molecule has 2 heterocycles. The van der Waals surface area contributed by atoms with E-state index in [0.717, 1.165) is 30.1 Å². The Morgan fingerprint density at radius 3 is 3.00 bits per heavy atom. The highest BCUT2D eigenvalue weighted by molar-refractivity contribution is 7.09. The van der Waals surface area contributed by atoms with E-state index in [4.69, 9.17) is 5.73 Å². The second kappa shape index (κ2) is 5.80. The Morgan fingerprint density at radius 2 is 2.44 bits per heavy atom. The van der Waals surface area contributed by atoms with Gasteiger partial charge in [0.1, 0.15) is 0 Å². The summed E-state index contributed by atoms with van der Waals surface area (Å²) in [4.78, 5) is 18.6. The monoisotopic (exact) mass is 267 g/mol. The maximum absolute atomic E-state index is 12.2. The zero-order valence-electron chi connectivity index (χ0n) is 11.1. The van der Waals surface area contributed by atoms with E-state index in [2.05, 4.69) is 18.8 Å². The van der Waals surface area contributed by atoms with E-state index in [0.29, 0.717) is 24.9 Å². The van der Waals surface area contributed by atoms with E-state index < -0.39 is 0 Å². The van der Waals surface area contributed by atoms with Crippen molar-refractivity contribution >= 4 is 17.2 Å². The van der Waals surface area contributed by atoms with Crippen LogP contribution in [0.3, 0.4) is 0 Å². The number of nitrogens with zero attached hydrogens (tertiary/aromatic N) is 2. The molecule has 2 atom stereocenters. The topological polar surface area (TPSA) is 59.2 Å². The molecule has 2 N–H and O–H groups in total. The highest BCUT2D eigenvalue weighted by Crippen LogP contribution is 2.23. The molecule has 1 aliphatic rings. The van der Waals surface area contributed by atoms with Gasteiger partial charge in [-0.1, -0.05) is 6.92 Å². The summed E-state index contributed by atoms with van der Waals surface area (Å²) >= 11 is 1.64. The zero-order valence-corrected chi connectivity index (χ0v) is 11.9. The molecule has 1 fully saturated rings. The van der Waals surface area contributed by atoms with Crippen LogP contribution in [0.2, 0.25) is 0 Å². The number of amides is 1. The van der Waals surface area contributed by atoms with Gasteiger partial charge in [0.05, 0.1) is 17.1 Å². The molecule has 18 heavy (non-hydrogen) atoms. The van der Waals surface area contributed by atoms with Crippen LogP contribution in [0, 0.1) is 5.92 Å². The average Bonchev–Trinajstić information content (AvgIpc) is 2.95. The number of hydrogen-bond acceptors (Lipinski definition) is 4. The lowest BCUT2D eigenvalue weighted by Crippen LogP contribution is -2.35. The summed E-state index contributed by atoms with van der Waals surface area (Å²) in [5.74, 6) is 0.650. The minimum Gasteiger partial charge on any atom is -0.339 e. The molecule has 0 radical (unpaired) electrons. The third-order valence-electron chi connectivity index (χ3n) is 3.55. The Morgan fingerprint density at radius 1 is 1.67 bits per heavy atom. The highest BCUT2D eigenvalue weighted by atomic mass is 32.1. The predicted octanol–water partition coefficient (Wildman–Crippen LogP) is 1.44. The first-order chi connectivity index (χ1) is 8.63. The second-order valence-corrected chi connectivity index (χ2v) is 5.94. The van der Waals surface area contributed by atoms with Crippen LogP contribution >= 0.6 is 11.3 Å². The van der Waals surface area contributed by atoms with Crippen LogP contribution in [-0.4, -0.2) is 34.9 Å². The summed E-state index contributed by atoms with van der Waals surface area (Å²) in [6.07, 6.45) is 2.39. The molecule has 0 saturated carbocycles. The first-order valence-corrected chi connectivity index (χ1v) is 7.44. The Bertz CT molecular complexity index is 418. The van der Waals surface area contributed by atoms with Gasteiger partial charge in [-0.3, -0.25) is 4.79 Å². The van der Waals surface area contributed by atoms with Gasteiger partial charge in [0.25, 0.3) is 0 Å². The van der Waals surface area contributed by atoms with E-state index in [-0.39, 0.29) is 5.91 Å². The van der Waals surface area contributed by atoms with Crippen molar-refractivity contribution in [1.82, 2.24) is 9.88 Å². The van der Waals surface area contributed by atoms with Crippen LogP contribution < -0.4 is 5.73 Å². The molecule has 1 aromatic rings. The standard InChI is InChI=1S/C13H21N3OS/c1-3-12-15-11(8-18-12)5-13(17)16-7-10(6-14)4-9(16)2/h8-10H,3-7,14H2,1-2H3. The third-order valence-corrected chi connectivity index (χ3v) is 4.59. The summed E-state index contributed by atoms with van der Waals surface area (Å²) in [7, 11) is 0. The summed E-state index contributed by atoms with van der Waals surface area (Å²) in [6.45, 7) is 5.66. The van der Waals surface area contributed by atoms with Gasteiger partial charge in [-0.15, -0.1) is 11.3 Å². The van der Waals surface area contributed by atoms with E-state index in [1.165, 1.54) is 0 Å². The fourth-order valence-corrected chi connectivity index (χ4v) is 3.25. The molecule has 0 aromatic carbocycles. The largest absolute Gasteiger partial charge is 0.339 e. The molecule has 0 aliphatic carbocycles. The maximum Gasteiger partial charge on any atom is 0.228 e. The van der Waals surface area contributed by atoms with Gasteiger partial charge in [0.15, 0.2) is 0 Å². The number of rotatable bonds is 4. The van der Waals surface area contributed by atoms with Crippen molar-refractivity contribution < 1.29 is 4.79 Å². The Hall–Kier alpha value is -0.940. The van der Waals surface area contributed by atoms with Gasteiger partial charge in [-0.25, -0.2) is 4.98 Å². The van der Waals surface area contributed by atoms with Crippen molar-refractivity contribution in [2.24, 2.45) is 11.7 Å². The highest BCUT2D eigenvalue weighted by Gasteiger charge is 2.31. The molecule has 5 heteroatoms. The summed E-state index contributed by atoms with van der Waals surface area (Å²) < 4.78 is 0. The molecule has 1 aromatic heterocycles. The number of carbonyl (C=O) groups excluding carboxylic acids is 1. The lowest BCUT2D eigenvalue weighted by molar-refractivity contribution is -0.131. The zero-order chi connectivity index (χ0) is 13.1. The lowest BCUT2D eigenvalue weighted by Gasteiger charge is -2.21. The molecule has 0 bridgehead atoms. The Labute approximate surface area is 112 Å². The van der Waals surface area contributed by atoms with Crippen LogP contribution in [0.1, 0.15) is 31.0 Å². The SMILES string of the molecule is CCc1nc(CC(=O)N2CC(CN)CC2C)cs1. The van der Waals surface area contributed by atoms with Crippen LogP contribution in [0.25, 0.3) is 0 Å². The van der Waals surface area contributed by atoms with Gasteiger partial charge >= 0.3 is 0 Å². The minimum absolute atomic E-state index is 0.186. The first kappa shape index (κ1) is 13.5. The average molecular weight is 267 g/mol. The minimum atomic E-state index is 0.186.